The summed E-state index contributed by atoms with van der Waals surface area (Å²) in [5.41, 5.74) is 40.6. The van der Waals surface area contributed by atoms with E-state index in [4.69, 9.17) is 98.9 Å². The third-order valence-corrected chi connectivity index (χ3v) is 35.5. The maximum atomic E-state index is 13.8. The van der Waals surface area contributed by atoms with Crippen LogP contribution in [0, 0.1) is 39.4 Å². The molecule has 5 aliphatic heterocycles. The van der Waals surface area contributed by atoms with Crippen LogP contribution in [0.3, 0.4) is 0 Å². The molecule has 0 bridgehead atoms. The van der Waals surface area contributed by atoms with Gasteiger partial charge in [0.05, 0.1) is 55.8 Å². The molecule has 750 valence electrons. The number of hydrogen-bond acceptors (Lipinski definition) is 25. The average molecular weight is 2060 g/mol. The Kier molecular flexibility index (Phi) is 27.6. The lowest BCUT2D eigenvalue weighted by Gasteiger charge is -2.45. The molecule has 7 atom stereocenters. The van der Waals surface area contributed by atoms with Crippen LogP contribution >= 0.6 is 31.9 Å². The van der Waals surface area contributed by atoms with Crippen molar-refractivity contribution < 1.29 is 72.1 Å². The Morgan fingerprint density at radius 3 is 0.951 bits per heavy atom. The number of terminal acetylenes is 1. The van der Waals surface area contributed by atoms with E-state index in [1.54, 1.807) is 63.5 Å². The molecule has 22 rings (SSSR count). The number of para-hydroxylation sites is 2. The number of primary amides is 1. The van der Waals surface area contributed by atoms with Crippen molar-refractivity contribution in [2.75, 3.05) is 69.4 Å². The lowest BCUT2D eigenvalue weighted by molar-refractivity contribution is -0.140. The summed E-state index contributed by atoms with van der Waals surface area (Å²) in [5, 5.41) is 19.3. The van der Waals surface area contributed by atoms with Gasteiger partial charge in [0.2, 0.25) is 5.91 Å². The van der Waals surface area contributed by atoms with Gasteiger partial charge in [0.25, 0.3) is 29.5 Å². The Hall–Kier alpha value is -11.5. The number of fused-ring (bicyclic) bond motifs is 15. The van der Waals surface area contributed by atoms with Gasteiger partial charge in [-0.2, -0.15) is 0 Å². The molecule has 33 heteroatoms. The number of aliphatic hydroxyl groups is 2. The highest BCUT2D eigenvalue weighted by Crippen LogP contribution is 2.69. The second-order valence-electron chi connectivity index (χ2n) is 41.4. The molecule has 6 amide bonds. The van der Waals surface area contributed by atoms with Gasteiger partial charge in [-0.25, -0.2) is 25.0 Å². The zero-order valence-corrected chi connectivity index (χ0v) is 85.4. The topological polar surface area (TPSA) is 442 Å². The van der Waals surface area contributed by atoms with Crippen molar-refractivity contribution in [2.24, 2.45) is 86.4 Å². The van der Waals surface area contributed by atoms with Crippen LogP contribution in [-0.2, 0) is 112 Å². The number of ether oxygens (including phenoxy) is 7. The first-order valence-corrected chi connectivity index (χ1v) is 51.1. The highest BCUT2D eigenvalue weighted by Gasteiger charge is 2.73. The minimum Gasteiger partial charge on any atom is -0.457 e. The number of amides is 6. The number of guanidine groups is 5. The Morgan fingerprint density at radius 1 is 0.387 bits per heavy atom. The number of hydrogen-bond donors (Lipinski definition) is 8. The van der Waals surface area contributed by atoms with Gasteiger partial charge in [-0.1, -0.05) is 105 Å². The van der Waals surface area contributed by atoms with Crippen LogP contribution in [0.25, 0.3) is 0 Å². The van der Waals surface area contributed by atoms with E-state index >= 15 is 0 Å². The van der Waals surface area contributed by atoms with Gasteiger partial charge in [-0.05, 0) is 315 Å². The van der Waals surface area contributed by atoms with Crippen molar-refractivity contribution in [1.82, 2.24) is 24.5 Å². The molecule has 5 fully saturated rings. The summed E-state index contributed by atoms with van der Waals surface area (Å²) in [4.78, 5) is 112. The van der Waals surface area contributed by atoms with E-state index in [1.165, 1.54) is 24.5 Å². The summed E-state index contributed by atoms with van der Waals surface area (Å²) in [5.74, 6) is 5.42. The van der Waals surface area contributed by atoms with Gasteiger partial charge in [0.15, 0.2) is 57.5 Å². The third-order valence-electron chi connectivity index (χ3n) is 34.5. The van der Waals surface area contributed by atoms with Crippen molar-refractivity contribution >= 4 is 97.1 Å². The van der Waals surface area contributed by atoms with Crippen LogP contribution in [0.4, 0.5) is 0 Å². The van der Waals surface area contributed by atoms with Gasteiger partial charge in [-0.15, -0.1) is 6.42 Å². The Balaban J connectivity index is 0.000000117. The largest absolute Gasteiger partial charge is 0.457 e. The molecule has 14 N–H and O–H groups in total. The first-order chi connectivity index (χ1) is 68.1. The molecule has 31 nitrogen and oxygen atoms in total. The molecule has 0 radical (unpaired) electrons. The number of nitrogens with zero attached hydrogens (tertiary/aromatic N) is 10. The van der Waals surface area contributed by atoms with Crippen LogP contribution in [0.5, 0.6) is 23.0 Å². The number of aliphatic hydroxyl groups excluding tert-OH is 2. The minimum atomic E-state index is -1.16. The van der Waals surface area contributed by atoms with Gasteiger partial charge < -0.3 is 77.8 Å². The van der Waals surface area contributed by atoms with Gasteiger partial charge in [-0.3, -0.25) is 53.3 Å². The Bertz CT molecular complexity index is 5990. The summed E-state index contributed by atoms with van der Waals surface area (Å²) < 4.78 is 41.9. The standard InChI is InChI=1S/2C24H27N3O3.C21H24N4O3.2C20H26BrN3O3/c2*1-27-21(28)24(26-22(27)25)20-14-19(30-18-6-4-3-5-7-18)9-8-16(20)15-23(24)12-10-17(29-2)11-13-23;1-3-13-4-5-14-11-20(8-6-15(28-2)7-9-20)21(16(14)10-13)18(27)25(12-17(22)26)19(23)24-21;2*1-12(11-25)24-17(26)20(23-18(24)22)16-9-14(21)4-3-13(16)10-19(20)7-5-15(27-2)6-8-19/h2*3-9,14,17H,10-13,15H2,1-2H3,(H2,25,26);1,4-5,10,15H,6-9,11-12H2,2H3,(H2,22,26)(H2,23,24);2*3-4,9,12,15,25H,5-8,10-11H2,1-2H3,(H2,22,23)/t2*17?,23?,24-;;12-,15?,19?,20+;12-,15?,19?,20-/m10.10/s1. The summed E-state index contributed by atoms with van der Waals surface area (Å²) >= 11 is 7.11. The third kappa shape index (κ3) is 16.1. The predicted molar refractivity (Wildman–Crippen MR) is 545 cm³/mol. The second kappa shape index (κ2) is 38.9. The van der Waals surface area contributed by atoms with E-state index in [-0.39, 0.29) is 131 Å². The van der Waals surface area contributed by atoms with Crippen LogP contribution in [0.2, 0.25) is 0 Å². The van der Waals surface area contributed by atoms with Crippen LogP contribution in [0.15, 0.2) is 186 Å². The first-order valence-electron chi connectivity index (χ1n) is 49.5. The zero-order chi connectivity index (χ0) is 101. The van der Waals surface area contributed by atoms with E-state index in [9.17, 15) is 39.0 Å². The van der Waals surface area contributed by atoms with E-state index in [0.717, 1.165) is 237 Å². The zero-order valence-electron chi connectivity index (χ0n) is 82.2. The molecule has 5 saturated carbocycles. The number of methoxy groups -OCH3 is 5. The maximum absolute atomic E-state index is 13.8. The van der Waals surface area contributed by atoms with E-state index in [2.05, 4.69) is 62.0 Å². The lowest BCUT2D eigenvalue weighted by atomic mass is 9.61. The van der Waals surface area contributed by atoms with Crippen molar-refractivity contribution in [3.8, 4) is 35.3 Å². The highest BCUT2D eigenvalue weighted by atomic mass is 79.9. The molecule has 0 saturated heterocycles. The van der Waals surface area contributed by atoms with Crippen molar-refractivity contribution in [1.29, 1.82) is 0 Å². The molecule has 15 aliphatic rings. The maximum Gasteiger partial charge on any atom is 0.263 e. The Morgan fingerprint density at radius 2 is 0.662 bits per heavy atom. The molecule has 0 aromatic heterocycles. The first kappa shape index (κ1) is 101. The molecule has 10 aliphatic carbocycles. The molecule has 5 heterocycles. The molecular weight excluding hydrogens is 1930 g/mol. The van der Waals surface area contributed by atoms with Crippen LogP contribution in [-0.4, -0.2) is 212 Å². The van der Waals surface area contributed by atoms with Gasteiger partial charge in [0, 0.05) is 91.2 Å². The summed E-state index contributed by atoms with van der Waals surface area (Å²) in [6.45, 7) is 3.01. The summed E-state index contributed by atoms with van der Waals surface area (Å²) in [7, 11) is 12.2. The minimum absolute atomic E-state index is 0.0357. The number of nitrogens with two attached hydrogens (primary N) is 6. The SMILES string of the molecule is C#Cc1ccc2c(c1)C1(N=C(N)N(CC(N)=O)C1=O)C1(CCC(OC)CC1)C2.COC1CCC2(CC1)Cc1ccc(Br)cc1[C@@]21N=C(N)N([C@@H](C)CO)C1=O.COC1CCC2(CC1)Cc1ccc(Br)cc1[C@@]21N=C(N)N([C@H](C)CO)C1=O.COC1CCC2(CC1)Cc1ccc(Oc3ccccc3)cc1[C@@]21N=C(N)N(C)C1=O.COC1CCC2(CC1)Cc1ccc(Oc3ccccc3)cc1[C@]21N=C(N)N(C)C1=O. The number of carbonyl (C=O) groups is 6. The van der Waals surface area contributed by atoms with E-state index in [0.29, 0.717) is 17.1 Å². The predicted octanol–water partition coefficient (Wildman–Crippen LogP) is 12.4. The fourth-order valence-corrected chi connectivity index (χ4v) is 27.8. The smallest absolute Gasteiger partial charge is 0.263 e. The molecule has 7 aromatic carbocycles. The summed E-state index contributed by atoms with van der Waals surface area (Å²) in [6, 6.07) is 48.7. The second-order valence-corrected chi connectivity index (χ2v) is 43.3. The average Bonchev–Trinajstić information content (AvgIpc) is 1.53. The van der Waals surface area contributed by atoms with Gasteiger partial charge >= 0.3 is 0 Å². The molecule has 10 spiro atoms. The number of likely N-dealkylation sites (N-methyl/N-ethyl adjacent to an activating group) is 2. The number of benzene rings is 7. The number of aliphatic imine (C=N–C) groups is 5. The number of rotatable bonds is 15. The monoisotopic (exact) mass is 2060 g/mol. The number of halogens is 2. The molecular formula is C109H130Br2N16O15. The molecule has 142 heavy (non-hydrogen) atoms. The summed E-state index contributed by atoms with van der Waals surface area (Å²) in [6.07, 6.45) is 28.2. The Labute approximate surface area is 846 Å². The lowest BCUT2D eigenvalue weighted by Crippen LogP contribution is -2.54. The quantitative estimate of drug-likeness (QED) is 0.0442. The van der Waals surface area contributed by atoms with Crippen molar-refractivity contribution in [3.63, 3.8) is 0 Å². The van der Waals surface area contributed by atoms with Crippen molar-refractivity contribution in [2.45, 2.75) is 245 Å². The van der Waals surface area contributed by atoms with Gasteiger partial charge in [0.1, 0.15) is 29.5 Å². The van der Waals surface area contributed by atoms with Crippen molar-refractivity contribution in [3.05, 3.63) is 222 Å². The highest BCUT2D eigenvalue weighted by molar-refractivity contribution is 9.10. The fraction of sp³-hybridized carbons (Fsp3) is 0.495. The fourth-order valence-electron chi connectivity index (χ4n) is 27.1. The molecule has 7 aromatic rings. The van der Waals surface area contributed by atoms with Crippen LogP contribution in [0.1, 0.15) is 203 Å². The number of carbonyl (C=O) groups excluding carboxylic acids is 6. The normalized spacial score (nSPS) is 31.6. The van der Waals surface area contributed by atoms with E-state index in [1.807, 2.05) is 127 Å². The van der Waals surface area contributed by atoms with E-state index < -0.39 is 51.1 Å². The molecule has 1 unspecified atom stereocenters. The van der Waals surface area contributed by atoms with Crippen LogP contribution < -0.4 is 43.9 Å².